The second kappa shape index (κ2) is 12.4. The number of hydrogen-bond acceptors (Lipinski definition) is 8. The molecule has 0 saturated carbocycles. The molecule has 4 aromatic rings. The van der Waals surface area contributed by atoms with Gasteiger partial charge in [0.05, 0.1) is 31.2 Å². The number of aryl methyl sites for hydroxylation is 4. The molecular formula is C28H31N3O6. The molecule has 3 aromatic heterocycles. The Hall–Kier alpha value is -3.87. The van der Waals surface area contributed by atoms with Gasteiger partial charge < -0.3 is 23.4 Å². The lowest BCUT2D eigenvalue weighted by molar-refractivity contribution is 0.0140. The number of methoxy groups -OCH3 is 1. The van der Waals surface area contributed by atoms with Crippen LogP contribution in [-0.4, -0.2) is 40.9 Å². The highest BCUT2D eigenvalue weighted by Gasteiger charge is 2.21. The van der Waals surface area contributed by atoms with Crippen LogP contribution in [0.25, 0.3) is 17.4 Å². The van der Waals surface area contributed by atoms with Crippen LogP contribution < -0.4 is 10.3 Å². The molecule has 4 heterocycles. The van der Waals surface area contributed by atoms with Crippen LogP contribution in [-0.2, 0) is 24.0 Å². The normalized spacial score (nSPS) is 13.7. The van der Waals surface area contributed by atoms with Gasteiger partial charge in [-0.2, -0.15) is 5.26 Å². The molecule has 1 aromatic carbocycles. The van der Waals surface area contributed by atoms with Crippen molar-refractivity contribution in [2.75, 3.05) is 20.3 Å². The van der Waals surface area contributed by atoms with Crippen molar-refractivity contribution in [1.82, 2.24) is 9.38 Å². The largest absolute Gasteiger partial charge is 0.496 e. The van der Waals surface area contributed by atoms with Gasteiger partial charge in [0, 0.05) is 30.8 Å². The van der Waals surface area contributed by atoms with E-state index < -0.39 is 0 Å². The number of benzene rings is 1. The van der Waals surface area contributed by atoms with E-state index in [4.69, 9.17) is 28.7 Å². The van der Waals surface area contributed by atoms with Crippen molar-refractivity contribution in [3.05, 3.63) is 75.5 Å². The smallest absolute Gasteiger partial charge is 0.264 e. The summed E-state index contributed by atoms with van der Waals surface area (Å²) in [6, 6.07) is 11.8. The molecule has 0 bridgehead atoms. The summed E-state index contributed by atoms with van der Waals surface area (Å²) >= 11 is 0. The highest BCUT2D eigenvalue weighted by molar-refractivity contribution is 5.58. The minimum atomic E-state index is -0.180. The monoisotopic (exact) mass is 505 g/mol. The Bertz CT molecular complexity index is 1410. The van der Waals surface area contributed by atoms with Gasteiger partial charge in [-0.05, 0) is 56.7 Å². The molecule has 1 saturated heterocycles. The SMILES string of the molecule is COc1ccccc1CCc1cc(CCC#N)c(=O)n2c(C)c(-c3ncco3)oc12.OC1CCOCC1. The minimum absolute atomic E-state index is 0.0891. The zero-order valence-corrected chi connectivity index (χ0v) is 21.1. The molecule has 1 N–H and O–H groups in total. The first-order valence-electron chi connectivity index (χ1n) is 12.3. The highest BCUT2D eigenvalue weighted by atomic mass is 16.5. The summed E-state index contributed by atoms with van der Waals surface area (Å²) in [5, 5.41) is 17.8. The lowest BCUT2D eigenvalue weighted by Gasteiger charge is -2.15. The van der Waals surface area contributed by atoms with Gasteiger partial charge in [0.25, 0.3) is 11.4 Å². The van der Waals surface area contributed by atoms with Crippen LogP contribution in [0.1, 0.15) is 41.6 Å². The molecule has 0 amide bonds. The second-order valence-corrected chi connectivity index (χ2v) is 8.81. The van der Waals surface area contributed by atoms with E-state index in [9.17, 15) is 4.79 Å². The van der Waals surface area contributed by atoms with E-state index in [1.165, 1.54) is 12.5 Å². The van der Waals surface area contributed by atoms with E-state index >= 15 is 0 Å². The fourth-order valence-corrected chi connectivity index (χ4v) is 4.35. The maximum atomic E-state index is 13.1. The number of aromatic nitrogens is 2. The van der Waals surface area contributed by atoms with Crippen LogP contribution in [0.3, 0.4) is 0 Å². The number of ether oxygens (including phenoxy) is 2. The summed E-state index contributed by atoms with van der Waals surface area (Å²) in [6.07, 6.45) is 6.56. The van der Waals surface area contributed by atoms with E-state index in [1.54, 1.807) is 18.4 Å². The summed E-state index contributed by atoms with van der Waals surface area (Å²) in [5.41, 5.74) is 3.46. The van der Waals surface area contributed by atoms with Crippen molar-refractivity contribution >= 4 is 5.71 Å². The Balaban J connectivity index is 0.000000396. The number of fused-ring (bicyclic) bond motifs is 1. The average molecular weight is 506 g/mol. The average Bonchev–Trinajstić information content (AvgIpc) is 3.57. The molecule has 5 rings (SSSR count). The molecule has 1 aliphatic heterocycles. The molecule has 9 heteroatoms. The Morgan fingerprint density at radius 3 is 2.57 bits per heavy atom. The zero-order chi connectivity index (χ0) is 26.2. The molecule has 1 aliphatic rings. The molecule has 194 valence electrons. The van der Waals surface area contributed by atoms with E-state index in [0.29, 0.717) is 47.9 Å². The summed E-state index contributed by atoms with van der Waals surface area (Å²) < 4.78 is 23.4. The molecule has 0 atom stereocenters. The van der Waals surface area contributed by atoms with E-state index in [2.05, 4.69) is 11.1 Å². The van der Waals surface area contributed by atoms with E-state index in [-0.39, 0.29) is 18.1 Å². The maximum absolute atomic E-state index is 13.1. The number of hydrogen-bond donors (Lipinski definition) is 1. The zero-order valence-electron chi connectivity index (χ0n) is 21.1. The summed E-state index contributed by atoms with van der Waals surface area (Å²) in [6.45, 7) is 3.28. The van der Waals surface area contributed by atoms with Crippen LogP contribution in [0.2, 0.25) is 0 Å². The molecule has 0 radical (unpaired) electrons. The van der Waals surface area contributed by atoms with Gasteiger partial charge in [-0.1, -0.05) is 18.2 Å². The molecule has 1 fully saturated rings. The molecule has 0 spiro atoms. The van der Waals surface area contributed by atoms with Gasteiger partial charge in [-0.3, -0.25) is 4.79 Å². The van der Waals surface area contributed by atoms with Crippen LogP contribution in [0.15, 0.2) is 56.4 Å². The quantitative estimate of drug-likeness (QED) is 0.395. The first kappa shape index (κ1) is 26.2. The lowest BCUT2D eigenvalue weighted by Crippen LogP contribution is -2.20. The van der Waals surface area contributed by atoms with Crippen molar-refractivity contribution in [2.45, 2.75) is 51.6 Å². The van der Waals surface area contributed by atoms with Crippen molar-refractivity contribution < 1.29 is 23.4 Å². The van der Waals surface area contributed by atoms with Crippen molar-refractivity contribution in [2.24, 2.45) is 0 Å². The van der Waals surface area contributed by atoms with Gasteiger partial charge in [-0.15, -0.1) is 0 Å². The van der Waals surface area contributed by atoms with Gasteiger partial charge in [0.1, 0.15) is 12.0 Å². The van der Waals surface area contributed by atoms with Crippen LogP contribution in [0.4, 0.5) is 0 Å². The summed E-state index contributed by atoms with van der Waals surface area (Å²) in [7, 11) is 1.65. The molecular weight excluding hydrogens is 474 g/mol. The van der Waals surface area contributed by atoms with E-state index in [1.807, 2.05) is 30.3 Å². The Labute approximate surface area is 214 Å². The van der Waals surface area contributed by atoms with Crippen molar-refractivity contribution in [3.63, 3.8) is 0 Å². The number of nitriles is 1. The summed E-state index contributed by atoms with van der Waals surface area (Å²) in [4.78, 5) is 17.2. The molecule has 0 unspecified atom stereocenters. The van der Waals surface area contributed by atoms with Crippen molar-refractivity contribution in [3.8, 4) is 23.5 Å². The third-order valence-electron chi connectivity index (χ3n) is 6.35. The number of aliphatic hydroxyl groups is 1. The van der Waals surface area contributed by atoms with Gasteiger partial charge in [0.2, 0.25) is 11.5 Å². The number of oxazole rings is 2. The van der Waals surface area contributed by atoms with Crippen LogP contribution >= 0.6 is 0 Å². The first-order valence-corrected chi connectivity index (χ1v) is 12.3. The predicted molar refractivity (Wildman–Crippen MR) is 137 cm³/mol. The number of pyridine rings is 1. The molecule has 37 heavy (non-hydrogen) atoms. The van der Waals surface area contributed by atoms with Gasteiger partial charge in [-0.25, -0.2) is 9.38 Å². The lowest BCUT2D eigenvalue weighted by atomic mass is 10.0. The topological polar surface area (TPSA) is 123 Å². The number of nitrogens with zero attached hydrogens (tertiary/aromatic N) is 3. The maximum Gasteiger partial charge on any atom is 0.264 e. The van der Waals surface area contributed by atoms with Crippen LogP contribution in [0, 0.1) is 18.3 Å². The fourth-order valence-electron chi connectivity index (χ4n) is 4.35. The third kappa shape index (κ3) is 6.10. The summed E-state index contributed by atoms with van der Waals surface area (Å²) in [5.74, 6) is 1.57. The number of rotatable bonds is 7. The van der Waals surface area contributed by atoms with Gasteiger partial charge >= 0.3 is 0 Å². The van der Waals surface area contributed by atoms with Gasteiger partial charge in [0.15, 0.2) is 0 Å². The van der Waals surface area contributed by atoms with Crippen LogP contribution in [0.5, 0.6) is 5.75 Å². The molecule has 9 nitrogen and oxygen atoms in total. The Morgan fingerprint density at radius 1 is 1.16 bits per heavy atom. The Morgan fingerprint density at radius 2 is 1.92 bits per heavy atom. The second-order valence-electron chi connectivity index (χ2n) is 8.81. The fraction of sp³-hybridized carbons (Fsp3) is 0.393. The minimum Gasteiger partial charge on any atom is -0.496 e. The van der Waals surface area contributed by atoms with E-state index in [0.717, 1.165) is 42.9 Å². The Kier molecular flexibility index (Phi) is 8.77. The highest BCUT2D eigenvalue weighted by Crippen LogP contribution is 2.28. The number of para-hydroxylation sites is 1. The number of aliphatic hydroxyl groups excluding tert-OH is 1. The third-order valence-corrected chi connectivity index (χ3v) is 6.35. The predicted octanol–water partition coefficient (Wildman–Crippen LogP) is 4.26. The first-order chi connectivity index (χ1) is 18.0. The van der Waals surface area contributed by atoms with Crippen molar-refractivity contribution in [1.29, 1.82) is 5.26 Å². The standard InChI is InChI=1S/C23H21N3O4.C5H10O2/c1-15-20(21-25-12-13-29-21)30-23-18(10-9-16-6-3-4-8-19(16)28-2)14-17(7-5-11-24)22(27)26(15)23;6-5-1-3-7-4-2-5/h3-4,6,8,12-14H,5,7,9-10H2,1-2H3;5-6H,1-4H2. The molecule has 0 aliphatic carbocycles.